The molecule has 1 aliphatic rings. The number of aryl methyl sites for hydroxylation is 1. The summed E-state index contributed by atoms with van der Waals surface area (Å²) in [5.74, 6) is 0.182. The van der Waals surface area contributed by atoms with Gasteiger partial charge in [-0.1, -0.05) is 18.2 Å². The molecule has 2 N–H and O–H groups in total. The van der Waals surface area contributed by atoms with Crippen molar-refractivity contribution in [2.24, 2.45) is 5.73 Å². The van der Waals surface area contributed by atoms with E-state index in [0.717, 1.165) is 26.2 Å². The van der Waals surface area contributed by atoms with Crippen molar-refractivity contribution in [3.8, 4) is 0 Å². The van der Waals surface area contributed by atoms with Gasteiger partial charge in [-0.3, -0.25) is 4.79 Å². The van der Waals surface area contributed by atoms with Gasteiger partial charge in [-0.15, -0.1) is 0 Å². The summed E-state index contributed by atoms with van der Waals surface area (Å²) in [5.41, 5.74) is 7.99. The molecule has 0 bridgehead atoms. The van der Waals surface area contributed by atoms with E-state index >= 15 is 0 Å². The zero-order valence-electron chi connectivity index (χ0n) is 10.9. The first-order valence-electron chi connectivity index (χ1n) is 6.51. The van der Waals surface area contributed by atoms with Crippen molar-refractivity contribution in [1.29, 1.82) is 0 Å². The number of hydrogen-bond acceptors (Lipinski definition) is 3. The number of hydrogen-bond donors (Lipinski definition) is 1. The zero-order valence-corrected chi connectivity index (χ0v) is 10.9. The lowest BCUT2D eigenvalue weighted by Crippen LogP contribution is -2.49. The van der Waals surface area contributed by atoms with Crippen molar-refractivity contribution in [2.45, 2.75) is 13.3 Å². The van der Waals surface area contributed by atoms with Crippen LogP contribution in [0.4, 0.5) is 5.69 Å². The minimum absolute atomic E-state index is 0.182. The van der Waals surface area contributed by atoms with Gasteiger partial charge in [-0.2, -0.15) is 0 Å². The highest BCUT2D eigenvalue weighted by Gasteiger charge is 2.21. The van der Waals surface area contributed by atoms with Gasteiger partial charge in [-0.05, 0) is 18.6 Å². The largest absolute Gasteiger partial charge is 0.368 e. The van der Waals surface area contributed by atoms with Crippen molar-refractivity contribution < 1.29 is 4.79 Å². The molecule has 2 rings (SSSR count). The third kappa shape index (κ3) is 2.82. The number of benzene rings is 1. The molecule has 0 spiro atoms. The summed E-state index contributed by atoms with van der Waals surface area (Å²) in [7, 11) is 0. The van der Waals surface area contributed by atoms with Gasteiger partial charge < -0.3 is 15.5 Å². The summed E-state index contributed by atoms with van der Waals surface area (Å²) < 4.78 is 0. The molecule has 0 radical (unpaired) electrons. The Hall–Kier alpha value is -1.55. The Morgan fingerprint density at radius 1 is 1.22 bits per heavy atom. The fourth-order valence-electron chi connectivity index (χ4n) is 2.40. The maximum absolute atomic E-state index is 11.7. The summed E-state index contributed by atoms with van der Waals surface area (Å²) in [6, 6.07) is 8.39. The van der Waals surface area contributed by atoms with Crippen LogP contribution >= 0.6 is 0 Å². The van der Waals surface area contributed by atoms with Crippen LogP contribution in [0.25, 0.3) is 0 Å². The fraction of sp³-hybridized carbons (Fsp3) is 0.500. The van der Waals surface area contributed by atoms with Crippen LogP contribution in [0.5, 0.6) is 0 Å². The number of para-hydroxylation sites is 1. The molecule has 18 heavy (non-hydrogen) atoms. The maximum Gasteiger partial charge on any atom is 0.223 e. The smallest absolute Gasteiger partial charge is 0.223 e. The van der Waals surface area contributed by atoms with Crippen molar-refractivity contribution in [2.75, 3.05) is 37.6 Å². The summed E-state index contributed by atoms with van der Waals surface area (Å²) in [6.45, 7) is 5.97. The normalized spacial score (nSPS) is 15.9. The molecule has 0 aliphatic carbocycles. The SMILES string of the molecule is Cc1ccccc1N1CCN(C(=O)CCN)CC1. The molecule has 0 saturated carbocycles. The molecule has 1 aliphatic heterocycles. The van der Waals surface area contributed by atoms with E-state index in [-0.39, 0.29) is 5.91 Å². The molecule has 1 heterocycles. The van der Waals surface area contributed by atoms with E-state index in [2.05, 4.69) is 36.1 Å². The van der Waals surface area contributed by atoms with Gasteiger partial charge in [0.05, 0.1) is 0 Å². The third-order valence-corrected chi connectivity index (χ3v) is 3.45. The van der Waals surface area contributed by atoms with E-state index in [1.165, 1.54) is 11.3 Å². The predicted octanol–water partition coefficient (Wildman–Crippen LogP) is 0.992. The molecule has 1 aromatic rings. The Balaban J connectivity index is 1.95. The molecule has 4 nitrogen and oxygen atoms in total. The van der Waals surface area contributed by atoms with E-state index in [1.807, 2.05) is 4.90 Å². The number of anilines is 1. The fourth-order valence-corrected chi connectivity index (χ4v) is 2.40. The number of nitrogens with zero attached hydrogens (tertiary/aromatic N) is 2. The molecule has 0 atom stereocenters. The molecule has 4 heteroatoms. The molecular weight excluding hydrogens is 226 g/mol. The first-order valence-corrected chi connectivity index (χ1v) is 6.51. The first-order chi connectivity index (χ1) is 8.72. The highest BCUT2D eigenvalue weighted by atomic mass is 16.2. The van der Waals surface area contributed by atoms with E-state index in [1.54, 1.807) is 0 Å². The van der Waals surface area contributed by atoms with Crippen LogP contribution in [0.15, 0.2) is 24.3 Å². The Labute approximate surface area is 108 Å². The molecule has 98 valence electrons. The minimum Gasteiger partial charge on any atom is -0.368 e. The van der Waals surface area contributed by atoms with E-state index in [4.69, 9.17) is 5.73 Å². The Morgan fingerprint density at radius 2 is 1.89 bits per heavy atom. The minimum atomic E-state index is 0.182. The number of carbonyl (C=O) groups is 1. The lowest BCUT2D eigenvalue weighted by molar-refractivity contribution is -0.131. The van der Waals surface area contributed by atoms with Crippen LogP contribution in [-0.4, -0.2) is 43.5 Å². The number of nitrogens with two attached hydrogens (primary N) is 1. The molecule has 0 aromatic heterocycles. The molecule has 1 saturated heterocycles. The Kier molecular flexibility index (Phi) is 4.20. The van der Waals surface area contributed by atoms with Gasteiger partial charge in [0.1, 0.15) is 0 Å². The van der Waals surface area contributed by atoms with Crippen molar-refractivity contribution in [3.63, 3.8) is 0 Å². The maximum atomic E-state index is 11.7. The predicted molar refractivity (Wildman–Crippen MR) is 73.6 cm³/mol. The van der Waals surface area contributed by atoms with Gasteiger partial charge in [-0.25, -0.2) is 0 Å². The summed E-state index contributed by atoms with van der Waals surface area (Å²) in [5, 5.41) is 0. The van der Waals surface area contributed by atoms with Crippen LogP contribution in [-0.2, 0) is 4.79 Å². The molecule has 1 aromatic carbocycles. The highest BCUT2D eigenvalue weighted by molar-refractivity contribution is 5.76. The van der Waals surface area contributed by atoms with Gasteiger partial charge in [0.25, 0.3) is 0 Å². The van der Waals surface area contributed by atoms with E-state index in [9.17, 15) is 4.79 Å². The first kappa shape index (κ1) is 12.9. The van der Waals surface area contributed by atoms with Gasteiger partial charge in [0.2, 0.25) is 5.91 Å². The summed E-state index contributed by atoms with van der Waals surface area (Å²) in [4.78, 5) is 16.0. The highest BCUT2D eigenvalue weighted by Crippen LogP contribution is 2.20. The second kappa shape index (κ2) is 5.87. The monoisotopic (exact) mass is 247 g/mol. The second-order valence-corrected chi connectivity index (χ2v) is 4.69. The second-order valence-electron chi connectivity index (χ2n) is 4.69. The molecule has 1 amide bonds. The number of piperazine rings is 1. The number of amides is 1. The molecule has 1 fully saturated rings. The Bertz CT molecular complexity index is 411. The van der Waals surface area contributed by atoms with Crippen LogP contribution in [0.1, 0.15) is 12.0 Å². The lowest BCUT2D eigenvalue weighted by atomic mass is 10.1. The van der Waals surface area contributed by atoms with Gasteiger partial charge >= 0.3 is 0 Å². The van der Waals surface area contributed by atoms with Crippen LogP contribution < -0.4 is 10.6 Å². The van der Waals surface area contributed by atoms with Crippen molar-refractivity contribution in [1.82, 2.24) is 4.90 Å². The average Bonchev–Trinajstić information content (AvgIpc) is 2.40. The summed E-state index contributed by atoms with van der Waals surface area (Å²) >= 11 is 0. The molecular formula is C14H21N3O. The standard InChI is InChI=1S/C14H21N3O/c1-12-4-2-3-5-13(12)16-8-10-17(11-9-16)14(18)6-7-15/h2-5H,6-11,15H2,1H3. The Morgan fingerprint density at radius 3 is 2.50 bits per heavy atom. The third-order valence-electron chi connectivity index (χ3n) is 3.45. The lowest BCUT2D eigenvalue weighted by Gasteiger charge is -2.36. The number of rotatable bonds is 3. The average molecular weight is 247 g/mol. The van der Waals surface area contributed by atoms with Gasteiger partial charge in [0.15, 0.2) is 0 Å². The van der Waals surface area contributed by atoms with E-state index < -0.39 is 0 Å². The number of carbonyl (C=O) groups excluding carboxylic acids is 1. The topological polar surface area (TPSA) is 49.6 Å². The van der Waals surface area contributed by atoms with Crippen LogP contribution in [0.3, 0.4) is 0 Å². The van der Waals surface area contributed by atoms with Crippen LogP contribution in [0.2, 0.25) is 0 Å². The molecule has 0 unspecified atom stereocenters. The van der Waals surface area contributed by atoms with E-state index in [0.29, 0.717) is 13.0 Å². The van der Waals surface area contributed by atoms with Crippen molar-refractivity contribution >= 4 is 11.6 Å². The summed E-state index contributed by atoms with van der Waals surface area (Å²) in [6.07, 6.45) is 0.463. The zero-order chi connectivity index (χ0) is 13.0. The van der Waals surface area contributed by atoms with Crippen molar-refractivity contribution in [3.05, 3.63) is 29.8 Å². The van der Waals surface area contributed by atoms with Crippen LogP contribution in [0, 0.1) is 6.92 Å². The quantitative estimate of drug-likeness (QED) is 0.866. The van der Waals surface area contributed by atoms with Gasteiger partial charge in [0, 0.05) is 44.8 Å².